The molecular formula is C9H11O2S. The van der Waals surface area contributed by atoms with Crippen LogP contribution in [-0.4, -0.2) is 17.4 Å². The van der Waals surface area contributed by atoms with Crippen LogP contribution in [0.5, 0.6) is 5.75 Å². The van der Waals surface area contributed by atoms with E-state index in [2.05, 4.69) is 6.92 Å². The van der Waals surface area contributed by atoms with Gasteiger partial charge in [0.15, 0.2) is 4.90 Å². The molecular weight excluding hydrogens is 172 g/mol. The van der Waals surface area contributed by atoms with E-state index in [9.17, 15) is 4.55 Å². The Labute approximate surface area is 75.7 Å². The van der Waals surface area contributed by atoms with Gasteiger partial charge in [-0.2, -0.15) is 0 Å². The predicted octanol–water partition coefficient (Wildman–Crippen LogP) is 1.64. The van der Waals surface area contributed by atoms with Crippen LogP contribution in [0.1, 0.15) is 0 Å². The molecule has 0 heterocycles. The molecule has 0 amide bonds. The van der Waals surface area contributed by atoms with Crippen LogP contribution < -0.4 is 4.74 Å². The number of hydrogen-bond donors (Lipinski definition) is 0. The van der Waals surface area contributed by atoms with Crippen LogP contribution in [0.25, 0.3) is 0 Å². The quantitative estimate of drug-likeness (QED) is 0.667. The van der Waals surface area contributed by atoms with Gasteiger partial charge < -0.3 is 9.29 Å². The molecule has 2 nitrogen and oxygen atoms in total. The summed E-state index contributed by atoms with van der Waals surface area (Å²) in [5.74, 6) is 1.13. The van der Waals surface area contributed by atoms with Gasteiger partial charge in [-0.3, -0.25) is 0 Å². The van der Waals surface area contributed by atoms with Crippen molar-refractivity contribution >= 4 is 11.2 Å². The number of ether oxygens (including phenoxy) is 1. The number of hydrogen-bond acceptors (Lipinski definition) is 2. The van der Waals surface area contributed by atoms with Gasteiger partial charge >= 0.3 is 0 Å². The van der Waals surface area contributed by atoms with Gasteiger partial charge in [0.1, 0.15) is 11.5 Å². The van der Waals surface area contributed by atoms with Gasteiger partial charge in [0.2, 0.25) is 0 Å². The van der Waals surface area contributed by atoms with Gasteiger partial charge in [0.25, 0.3) is 0 Å². The maximum absolute atomic E-state index is 11.3. The Morgan fingerprint density at radius 2 is 2.33 bits per heavy atom. The lowest BCUT2D eigenvalue weighted by molar-refractivity contribution is 0.413. The molecule has 0 aliphatic carbocycles. The van der Waals surface area contributed by atoms with Crippen LogP contribution >= 0.6 is 0 Å². The molecule has 1 unspecified atom stereocenters. The maximum atomic E-state index is 11.3. The first kappa shape index (κ1) is 9.42. The molecule has 0 aliphatic rings. The monoisotopic (exact) mass is 183 g/mol. The second kappa shape index (κ2) is 4.38. The maximum Gasteiger partial charge on any atom is 0.156 e. The third kappa shape index (κ3) is 2.16. The van der Waals surface area contributed by atoms with Crippen molar-refractivity contribution in [3.8, 4) is 5.75 Å². The summed E-state index contributed by atoms with van der Waals surface area (Å²) in [7, 11) is 1.59. The Bertz CT molecular complexity index is 250. The van der Waals surface area contributed by atoms with Crippen LogP contribution in [-0.2, 0) is 11.2 Å². The van der Waals surface area contributed by atoms with E-state index in [-0.39, 0.29) is 0 Å². The minimum Gasteiger partial charge on any atom is -0.611 e. The Morgan fingerprint density at radius 1 is 1.58 bits per heavy atom. The van der Waals surface area contributed by atoms with E-state index in [4.69, 9.17) is 4.74 Å². The van der Waals surface area contributed by atoms with Gasteiger partial charge in [-0.1, -0.05) is 6.07 Å². The van der Waals surface area contributed by atoms with Crippen molar-refractivity contribution in [1.82, 2.24) is 0 Å². The summed E-state index contributed by atoms with van der Waals surface area (Å²) in [4.78, 5) is 0.768. The van der Waals surface area contributed by atoms with Crippen molar-refractivity contribution < 1.29 is 9.29 Å². The summed E-state index contributed by atoms with van der Waals surface area (Å²) in [6.07, 6.45) is 0. The Morgan fingerprint density at radius 3 is 2.92 bits per heavy atom. The zero-order valence-corrected chi connectivity index (χ0v) is 7.76. The lowest BCUT2D eigenvalue weighted by Gasteiger charge is -2.08. The first-order valence-corrected chi connectivity index (χ1v) is 4.91. The van der Waals surface area contributed by atoms with E-state index < -0.39 is 11.2 Å². The molecule has 1 atom stereocenters. The topological polar surface area (TPSA) is 32.3 Å². The van der Waals surface area contributed by atoms with Crippen molar-refractivity contribution in [1.29, 1.82) is 0 Å². The zero-order chi connectivity index (χ0) is 8.97. The number of rotatable bonds is 3. The van der Waals surface area contributed by atoms with Crippen LogP contribution in [0.15, 0.2) is 29.2 Å². The molecule has 0 saturated carbocycles. The molecule has 1 aromatic rings. The minimum absolute atomic E-state index is 0.396. The van der Waals surface area contributed by atoms with Gasteiger partial charge in [0.05, 0.1) is 7.11 Å². The lowest BCUT2D eigenvalue weighted by atomic mass is 10.3. The fraction of sp³-hybridized carbons (Fsp3) is 0.222. The normalized spacial score (nSPS) is 12.6. The van der Waals surface area contributed by atoms with Crippen LogP contribution in [0.3, 0.4) is 0 Å². The largest absolute Gasteiger partial charge is 0.611 e. The van der Waals surface area contributed by atoms with E-state index >= 15 is 0 Å². The first-order valence-electron chi connectivity index (χ1n) is 3.59. The molecule has 1 radical (unpaired) electrons. The summed E-state index contributed by atoms with van der Waals surface area (Å²) < 4.78 is 16.3. The van der Waals surface area contributed by atoms with Crippen LogP contribution in [0.4, 0.5) is 0 Å². The molecule has 0 bridgehead atoms. The van der Waals surface area contributed by atoms with Gasteiger partial charge in [-0.05, 0) is 30.2 Å². The van der Waals surface area contributed by atoms with Crippen molar-refractivity contribution in [3.63, 3.8) is 0 Å². The molecule has 0 N–H and O–H groups in total. The second-order valence-electron chi connectivity index (χ2n) is 2.23. The standard InChI is InChI=1S/C9H11O2S/c1-3-12(10)9-6-4-5-8(7-9)11-2/h4-7H,1,3H2,2H3. The molecule has 0 saturated heterocycles. The first-order chi connectivity index (χ1) is 5.77. The number of benzene rings is 1. The molecule has 0 aromatic heterocycles. The fourth-order valence-corrected chi connectivity index (χ4v) is 1.57. The molecule has 65 valence electrons. The molecule has 1 aromatic carbocycles. The highest BCUT2D eigenvalue weighted by atomic mass is 32.2. The molecule has 0 fully saturated rings. The molecule has 1 rings (SSSR count). The van der Waals surface area contributed by atoms with Gasteiger partial charge in [-0.25, -0.2) is 0 Å². The molecule has 0 spiro atoms. The molecule has 0 aliphatic heterocycles. The lowest BCUT2D eigenvalue weighted by Crippen LogP contribution is -2.03. The van der Waals surface area contributed by atoms with Crippen LogP contribution in [0.2, 0.25) is 0 Å². The fourth-order valence-electron chi connectivity index (χ4n) is 0.861. The Kier molecular flexibility index (Phi) is 3.44. The van der Waals surface area contributed by atoms with Crippen molar-refractivity contribution in [2.24, 2.45) is 0 Å². The average Bonchev–Trinajstić information content (AvgIpc) is 2.17. The van der Waals surface area contributed by atoms with E-state index in [0.29, 0.717) is 5.75 Å². The van der Waals surface area contributed by atoms with Crippen molar-refractivity contribution in [2.75, 3.05) is 12.9 Å². The summed E-state index contributed by atoms with van der Waals surface area (Å²) in [6.45, 7) is 3.58. The van der Waals surface area contributed by atoms with E-state index in [1.165, 1.54) is 0 Å². The molecule has 3 heteroatoms. The smallest absolute Gasteiger partial charge is 0.156 e. The van der Waals surface area contributed by atoms with Crippen LogP contribution in [0, 0.1) is 6.92 Å². The highest BCUT2D eigenvalue weighted by Gasteiger charge is 2.07. The van der Waals surface area contributed by atoms with Crippen molar-refractivity contribution in [3.05, 3.63) is 31.2 Å². The number of methoxy groups -OCH3 is 1. The van der Waals surface area contributed by atoms with Crippen molar-refractivity contribution in [2.45, 2.75) is 4.90 Å². The highest BCUT2D eigenvalue weighted by Crippen LogP contribution is 2.17. The minimum atomic E-state index is -0.993. The summed E-state index contributed by atoms with van der Waals surface area (Å²) in [6, 6.07) is 7.22. The van der Waals surface area contributed by atoms with E-state index in [0.717, 1.165) is 10.6 Å². The van der Waals surface area contributed by atoms with E-state index in [1.807, 2.05) is 18.2 Å². The van der Waals surface area contributed by atoms with Gasteiger partial charge in [0, 0.05) is 6.07 Å². The second-order valence-corrected chi connectivity index (χ2v) is 3.80. The Balaban J connectivity index is 2.86. The van der Waals surface area contributed by atoms with E-state index in [1.54, 1.807) is 13.2 Å². The summed E-state index contributed by atoms with van der Waals surface area (Å²) in [5, 5.41) is 0. The third-order valence-corrected chi connectivity index (χ3v) is 2.64. The van der Waals surface area contributed by atoms with Gasteiger partial charge in [-0.15, -0.1) is 0 Å². The summed E-state index contributed by atoms with van der Waals surface area (Å²) in [5.41, 5.74) is 0. The summed E-state index contributed by atoms with van der Waals surface area (Å²) >= 11 is -0.993. The SMILES string of the molecule is [CH2]C[S+]([O-])c1cccc(OC)c1. The molecule has 12 heavy (non-hydrogen) atoms. The Hall–Kier alpha value is -0.670. The third-order valence-electron chi connectivity index (χ3n) is 1.49. The predicted molar refractivity (Wildman–Crippen MR) is 49.6 cm³/mol. The highest BCUT2D eigenvalue weighted by molar-refractivity contribution is 7.91. The average molecular weight is 183 g/mol. The zero-order valence-electron chi connectivity index (χ0n) is 6.95.